The zero-order valence-corrected chi connectivity index (χ0v) is 17.4. The van der Waals surface area contributed by atoms with Gasteiger partial charge in [-0.3, -0.25) is 14.7 Å². The Morgan fingerprint density at radius 3 is 2.67 bits per heavy atom. The lowest BCUT2D eigenvalue weighted by molar-refractivity contribution is 0.0830. The molecule has 0 N–H and O–H groups in total. The number of piperidine rings is 1. The Kier molecular flexibility index (Phi) is 5.21. The van der Waals surface area contributed by atoms with Crippen LogP contribution < -0.4 is 0 Å². The van der Waals surface area contributed by atoms with Crippen LogP contribution in [0.2, 0.25) is 0 Å². The van der Waals surface area contributed by atoms with Gasteiger partial charge >= 0.3 is 0 Å². The van der Waals surface area contributed by atoms with Gasteiger partial charge in [0.2, 0.25) is 0 Å². The Bertz CT molecular complexity index is 956. The highest BCUT2D eigenvalue weighted by atomic mass is 32.1. The molecule has 0 atom stereocenters. The predicted molar refractivity (Wildman–Crippen MR) is 110 cm³/mol. The molecule has 142 valence electrons. The molecule has 0 aliphatic carbocycles. The van der Waals surface area contributed by atoms with Gasteiger partial charge in [-0.2, -0.15) is 0 Å². The smallest absolute Gasteiger partial charge is 0.263 e. The van der Waals surface area contributed by atoms with E-state index in [0.717, 1.165) is 64.0 Å². The molecule has 0 aromatic carbocycles. The minimum atomic E-state index is 0.0511. The molecule has 0 unspecified atom stereocenters. The summed E-state index contributed by atoms with van der Waals surface area (Å²) in [6.45, 7) is 4.97. The topological polar surface area (TPSA) is 62.2 Å². The van der Waals surface area contributed by atoms with Gasteiger partial charge in [-0.15, -0.1) is 22.7 Å². The van der Waals surface area contributed by atoms with E-state index in [0.29, 0.717) is 5.92 Å². The highest BCUT2D eigenvalue weighted by molar-refractivity contribution is 7.20. The molecular formula is C19H23N5OS2. The van der Waals surface area contributed by atoms with Crippen LogP contribution in [0.1, 0.15) is 44.7 Å². The quantitative estimate of drug-likeness (QED) is 0.669. The third-order valence-corrected chi connectivity index (χ3v) is 6.92. The van der Waals surface area contributed by atoms with Gasteiger partial charge in [0, 0.05) is 44.0 Å². The van der Waals surface area contributed by atoms with Crippen LogP contribution in [0, 0.1) is 6.92 Å². The van der Waals surface area contributed by atoms with Gasteiger partial charge in [-0.05, 0) is 38.8 Å². The number of thiophene rings is 1. The first kappa shape index (κ1) is 18.5. The fourth-order valence-corrected chi connectivity index (χ4v) is 5.49. The number of aryl methyl sites for hydroxylation is 1. The number of hydrogen-bond donors (Lipinski definition) is 0. The van der Waals surface area contributed by atoms with Crippen LogP contribution >= 0.6 is 22.7 Å². The lowest BCUT2D eigenvalue weighted by atomic mass is 9.88. The van der Waals surface area contributed by atoms with E-state index in [9.17, 15) is 4.79 Å². The first-order valence-electron chi connectivity index (χ1n) is 9.11. The molecule has 1 aliphatic heterocycles. The van der Waals surface area contributed by atoms with E-state index in [-0.39, 0.29) is 5.91 Å². The Morgan fingerprint density at radius 2 is 2.00 bits per heavy atom. The van der Waals surface area contributed by atoms with Crippen LogP contribution in [-0.2, 0) is 6.54 Å². The molecule has 27 heavy (non-hydrogen) atoms. The molecule has 8 heteroatoms. The molecule has 3 aromatic heterocycles. The van der Waals surface area contributed by atoms with Crippen LogP contribution in [0.15, 0.2) is 17.8 Å². The van der Waals surface area contributed by atoms with Crippen molar-refractivity contribution in [2.24, 2.45) is 0 Å². The number of fused-ring (bicyclic) bond motifs is 1. The minimum Gasteiger partial charge on any atom is -0.344 e. The van der Waals surface area contributed by atoms with Crippen molar-refractivity contribution in [3.8, 4) is 0 Å². The van der Waals surface area contributed by atoms with Crippen LogP contribution in [-0.4, -0.2) is 57.8 Å². The van der Waals surface area contributed by atoms with Crippen molar-refractivity contribution in [1.29, 1.82) is 0 Å². The number of thiazole rings is 1. The maximum Gasteiger partial charge on any atom is 0.263 e. The number of likely N-dealkylation sites (tertiary alicyclic amines) is 1. The molecule has 4 rings (SSSR count). The minimum absolute atomic E-state index is 0.0511. The van der Waals surface area contributed by atoms with Crippen LogP contribution in [0.4, 0.5) is 0 Å². The fraction of sp³-hybridized carbons (Fsp3) is 0.474. The average molecular weight is 402 g/mol. The number of nitrogens with zero attached hydrogens (tertiary/aromatic N) is 5. The molecule has 0 spiro atoms. The second-order valence-corrected chi connectivity index (χ2v) is 9.22. The molecule has 1 aliphatic rings. The highest BCUT2D eigenvalue weighted by Crippen LogP contribution is 2.39. The monoisotopic (exact) mass is 401 g/mol. The molecule has 0 radical (unpaired) electrons. The van der Waals surface area contributed by atoms with E-state index < -0.39 is 0 Å². The van der Waals surface area contributed by atoms with E-state index in [2.05, 4.69) is 25.2 Å². The van der Waals surface area contributed by atoms with Gasteiger partial charge in [-0.25, -0.2) is 9.97 Å². The summed E-state index contributed by atoms with van der Waals surface area (Å²) in [5.41, 5.74) is 3.17. The number of hydrogen-bond acceptors (Lipinski definition) is 7. The highest BCUT2D eigenvalue weighted by Gasteiger charge is 2.30. The first-order chi connectivity index (χ1) is 13.0. The summed E-state index contributed by atoms with van der Waals surface area (Å²) < 4.78 is 0. The normalized spacial score (nSPS) is 16.1. The zero-order valence-electron chi connectivity index (χ0n) is 15.8. The number of carbonyl (C=O) groups excluding carboxylic acids is 1. The molecule has 0 saturated carbocycles. The van der Waals surface area contributed by atoms with E-state index in [1.54, 1.807) is 42.7 Å². The lowest BCUT2D eigenvalue weighted by Gasteiger charge is -2.31. The van der Waals surface area contributed by atoms with E-state index >= 15 is 0 Å². The van der Waals surface area contributed by atoms with Gasteiger partial charge < -0.3 is 4.90 Å². The van der Waals surface area contributed by atoms with Crippen molar-refractivity contribution in [3.05, 3.63) is 38.9 Å². The Labute approximate surface area is 166 Å². The molecule has 6 nitrogen and oxygen atoms in total. The third kappa shape index (κ3) is 3.74. The van der Waals surface area contributed by atoms with Crippen molar-refractivity contribution >= 4 is 38.9 Å². The number of amides is 1. The van der Waals surface area contributed by atoms with E-state index in [1.165, 1.54) is 11.3 Å². The second-order valence-electron chi connectivity index (χ2n) is 7.16. The molecule has 1 amide bonds. The van der Waals surface area contributed by atoms with E-state index in [4.69, 9.17) is 0 Å². The van der Waals surface area contributed by atoms with Crippen LogP contribution in [0.5, 0.6) is 0 Å². The van der Waals surface area contributed by atoms with Crippen molar-refractivity contribution < 1.29 is 4.79 Å². The summed E-state index contributed by atoms with van der Waals surface area (Å²) in [6.07, 6.45) is 5.48. The molecule has 1 saturated heterocycles. The lowest BCUT2D eigenvalue weighted by Crippen LogP contribution is -2.33. The van der Waals surface area contributed by atoms with Crippen LogP contribution in [0.25, 0.3) is 10.3 Å². The van der Waals surface area contributed by atoms with Crippen molar-refractivity contribution in [2.45, 2.75) is 32.2 Å². The second kappa shape index (κ2) is 7.61. The molecular weight excluding hydrogens is 378 g/mol. The number of aromatic nitrogens is 3. The van der Waals surface area contributed by atoms with Gasteiger partial charge in [0.05, 0.1) is 15.6 Å². The Hall–Kier alpha value is -1.90. The van der Waals surface area contributed by atoms with Crippen LogP contribution in [0.3, 0.4) is 0 Å². The molecule has 4 heterocycles. The van der Waals surface area contributed by atoms with Crippen molar-refractivity contribution in [1.82, 2.24) is 24.8 Å². The van der Waals surface area contributed by atoms with Crippen molar-refractivity contribution in [2.75, 3.05) is 27.2 Å². The van der Waals surface area contributed by atoms with Gasteiger partial charge in [0.1, 0.15) is 10.3 Å². The van der Waals surface area contributed by atoms with Gasteiger partial charge in [0.15, 0.2) is 0 Å². The Balaban J connectivity index is 1.56. The fourth-order valence-electron chi connectivity index (χ4n) is 3.67. The summed E-state index contributed by atoms with van der Waals surface area (Å²) in [7, 11) is 3.60. The zero-order chi connectivity index (χ0) is 19.0. The third-order valence-electron chi connectivity index (χ3n) is 5.01. The Morgan fingerprint density at radius 1 is 1.26 bits per heavy atom. The summed E-state index contributed by atoms with van der Waals surface area (Å²) in [5.74, 6) is 0.401. The largest absolute Gasteiger partial charge is 0.344 e. The number of carbonyl (C=O) groups is 1. The molecule has 1 fully saturated rings. The molecule has 3 aromatic rings. The first-order valence-corrected chi connectivity index (χ1v) is 10.8. The maximum absolute atomic E-state index is 12.7. The average Bonchev–Trinajstić information content (AvgIpc) is 3.25. The summed E-state index contributed by atoms with van der Waals surface area (Å²) in [5, 5.41) is 3.27. The van der Waals surface area contributed by atoms with Gasteiger partial charge in [-0.1, -0.05) is 0 Å². The summed E-state index contributed by atoms with van der Waals surface area (Å²) >= 11 is 3.18. The van der Waals surface area contributed by atoms with E-state index in [1.807, 2.05) is 6.92 Å². The number of rotatable bonds is 4. The maximum atomic E-state index is 12.7. The predicted octanol–water partition coefficient (Wildman–Crippen LogP) is 3.54. The standard InChI is InChI=1S/C19H23N5OS2/c1-12-22-14(11-26-12)10-24-8-4-13(5-9-24)15-16-18(21-7-6-20-16)27-17(15)19(25)23(2)3/h6-7,11,13H,4-5,8-10H2,1-3H3. The van der Waals surface area contributed by atoms with Gasteiger partial charge in [0.25, 0.3) is 5.91 Å². The SMILES string of the molecule is Cc1nc(CN2CCC(c3c(C(=O)N(C)C)sc4nccnc34)CC2)cs1. The summed E-state index contributed by atoms with van der Waals surface area (Å²) in [6, 6.07) is 0. The van der Waals surface area contributed by atoms with Crippen molar-refractivity contribution in [3.63, 3.8) is 0 Å². The summed E-state index contributed by atoms with van der Waals surface area (Å²) in [4.78, 5) is 32.1. The molecule has 0 bridgehead atoms.